The van der Waals surface area contributed by atoms with Crippen molar-refractivity contribution in [2.45, 2.75) is 11.8 Å². The number of benzene rings is 2. The van der Waals surface area contributed by atoms with E-state index in [1.807, 2.05) is 35.7 Å². The Morgan fingerprint density at radius 1 is 1.12 bits per heavy atom. The monoisotopic (exact) mass is 334 g/mol. The molecule has 1 N–H and O–H groups in total. The third kappa shape index (κ3) is 3.50. The number of carbonyl (C=O) groups excluding carboxylic acids is 1. The van der Waals surface area contributed by atoms with E-state index in [1.165, 1.54) is 0 Å². The molecule has 0 fully saturated rings. The van der Waals surface area contributed by atoms with Gasteiger partial charge in [0.05, 0.1) is 5.56 Å². The summed E-state index contributed by atoms with van der Waals surface area (Å²) in [5.74, 6) is 1.01. The molecule has 0 unspecified atom stereocenters. The van der Waals surface area contributed by atoms with E-state index in [0.29, 0.717) is 22.8 Å². The minimum atomic E-state index is -0.223. The van der Waals surface area contributed by atoms with Crippen LogP contribution in [0.1, 0.15) is 16.1 Å². The summed E-state index contributed by atoms with van der Waals surface area (Å²) in [4.78, 5) is 13.3. The second-order valence-corrected chi connectivity index (χ2v) is 5.98. The van der Waals surface area contributed by atoms with E-state index in [0.717, 1.165) is 22.2 Å². The maximum Gasteiger partial charge on any atom is 0.259 e. The Kier molecular flexibility index (Phi) is 4.69. The predicted molar refractivity (Wildman–Crippen MR) is 94.7 cm³/mol. The highest BCUT2D eigenvalue weighted by Gasteiger charge is 2.16. The summed E-state index contributed by atoms with van der Waals surface area (Å²) in [7, 11) is 0. The first-order chi connectivity index (χ1) is 11.7. The molecule has 1 heterocycles. The second-order valence-electron chi connectivity index (χ2n) is 5.12. The molecule has 2 aromatic carbocycles. The lowest BCUT2D eigenvalue weighted by atomic mass is 10.1. The molecule has 3 rings (SSSR count). The van der Waals surface area contributed by atoms with Crippen molar-refractivity contribution in [1.82, 2.24) is 0 Å². The van der Waals surface area contributed by atoms with E-state index in [9.17, 15) is 4.79 Å². The van der Waals surface area contributed by atoms with Crippen LogP contribution in [-0.4, -0.2) is 5.91 Å². The van der Waals surface area contributed by atoms with Crippen LogP contribution in [0.15, 0.2) is 70.0 Å². The number of thioether (sulfide) groups is 1. The van der Waals surface area contributed by atoms with E-state index < -0.39 is 0 Å². The van der Waals surface area contributed by atoms with Crippen molar-refractivity contribution < 1.29 is 9.21 Å². The lowest BCUT2D eigenvalue weighted by Crippen LogP contribution is -2.11. The summed E-state index contributed by atoms with van der Waals surface area (Å²) in [6, 6.07) is 18.5. The molecule has 0 bridgehead atoms. The summed E-state index contributed by atoms with van der Waals surface area (Å²) < 4.78 is 5.71. The lowest BCUT2D eigenvalue weighted by molar-refractivity contribution is 0.102. The molecular formula is C19H14N2O2S. The van der Waals surface area contributed by atoms with Crippen LogP contribution in [0.4, 0.5) is 5.69 Å². The van der Waals surface area contributed by atoms with Crippen molar-refractivity contribution in [2.24, 2.45) is 0 Å². The van der Waals surface area contributed by atoms with Gasteiger partial charge >= 0.3 is 0 Å². The van der Waals surface area contributed by atoms with Crippen molar-refractivity contribution in [1.29, 1.82) is 5.26 Å². The average molecular weight is 334 g/mol. The normalized spacial score (nSPS) is 10.2. The van der Waals surface area contributed by atoms with Gasteiger partial charge in [0, 0.05) is 16.1 Å². The molecule has 0 aliphatic heterocycles. The fourth-order valence-corrected chi connectivity index (χ4v) is 2.69. The van der Waals surface area contributed by atoms with Gasteiger partial charge < -0.3 is 9.73 Å². The Hall–Kier alpha value is -2.97. The number of amides is 1. The van der Waals surface area contributed by atoms with Crippen LogP contribution in [0, 0.1) is 17.6 Å². The molecule has 0 atom stereocenters. The first kappa shape index (κ1) is 15.9. The number of furan rings is 1. The maximum atomic E-state index is 12.5. The first-order valence-corrected chi connectivity index (χ1v) is 8.12. The van der Waals surface area contributed by atoms with Crippen LogP contribution < -0.4 is 5.32 Å². The third-order valence-electron chi connectivity index (χ3n) is 3.50. The zero-order chi connectivity index (χ0) is 16.9. The maximum absolute atomic E-state index is 12.5. The molecule has 0 saturated carbocycles. The highest BCUT2D eigenvalue weighted by Crippen LogP contribution is 2.26. The fourth-order valence-electron chi connectivity index (χ4n) is 2.31. The van der Waals surface area contributed by atoms with Crippen molar-refractivity contribution in [3.63, 3.8) is 0 Å². The first-order valence-electron chi connectivity index (χ1n) is 7.30. The Labute approximate surface area is 144 Å². The van der Waals surface area contributed by atoms with Gasteiger partial charge in [0.2, 0.25) is 0 Å². The second kappa shape index (κ2) is 7.07. The summed E-state index contributed by atoms with van der Waals surface area (Å²) in [5, 5.41) is 13.5. The molecule has 1 amide bonds. The Morgan fingerprint density at radius 3 is 2.50 bits per heavy atom. The van der Waals surface area contributed by atoms with Gasteiger partial charge in [0.1, 0.15) is 16.9 Å². The van der Waals surface area contributed by atoms with Crippen LogP contribution in [-0.2, 0) is 0 Å². The molecule has 4 nitrogen and oxygen atoms in total. The number of anilines is 1. The topological polar surface area (TPSA) is 66.0 Å². The third-order valence-corrected chi connectivity index (χ3v) is 4.10. The van der Waals surface area contributed by atoms with Crippen molar-refractivity contribution in [2.75, 3.05) is 5.32 Å². The van der Waals surface area contributed by atoms with Crippen molar-refractivity contribution >= 4 is 23.4 Å². The number of thiocyanates is 1. The molecule has 5 heteroatoms. The molecule has 1 aromatic heterocycles. The number of hydrogen-bond acceptors (Lipinski definition) is 4. The molecule has 0 spiro atoms. The molecule has 0 radical (unpaired) electrons. The van der Waals surface area contributed by atoms with Crippen LogP contribution in [0.25, 0.3) is 11.3 Å². The standard InChI is InChI=1S/C19H14N2O2S/c1-13-17(11-18(23-13)14-5-3-2-4-6-14)19(22)21-15-7-9-16(10-8-15)24-12-20/h2-11H,1H3,(H,21,22). The quantitative estimate of drug-likeness (QED) is 0.534. The molecular weight excluding hydrogens is 320 g/mol. The van der Waals surface area contributed by atoms with E-state index in [4.69, 9.17) is 9.68 Å². The molecule has 24 heavy (non-hydrogen) atoms. The minimum Gasteiger partial charge on any atom is -0.461 e. The molecule has 0 aliphatic rings. The van der Waals surface area contributed by atoms with Gasteiger partial charge in [0.25, 0.3) is 5.91 Å². The van der Waals surface area contributed by atoms with Crippen LogP contribution >= 0.6 is 11.8 Å². The highest BCUT2D eigenvalue weighted by atomic mass is 32.2. The predicted octanol–water partition coefficient (Wildman–Crippen LogP) is 5.08. The van der Waals surface area contributed by atoms with Gasteiger partial charge in [-0.05, 0) is 49.0 Å². The van der Waals surface area contributed by atoms with Gasteiger partial charge in [-0.25, -0.2) is 0 Å². The van der Waals surface area contributed by atoms with Crippen LogP contribution in [0.2, 0.25) is 0 Å². The number of carbonyl (C=O) groups is 1. The number of aryl methyl sites for hydroxylation is 1. The summed E-state index contributed by atoms with van der Waals surface area (Å²) in [5.41, 5.74) is 2.10. The summed E-state index contributed by atoms with van der Waals surface area (Å²) in [6.07, 6.45) is 0. The molecule has 3 aromatic rings. The fraction of sp³-hybridized carbons (Fsp3) is 0.0526. The smallest absolute Gasteiger partial charge is 0.259 e. The van der Waals surface area contributed by atoms with E-state index in [-0.39, 0.29) is 5.91 Å². The van der Waals surface area contributed by atoms with E-state index in [2.05, 4.69) is 5.32 Å². The van der Waals surface area contributed by atoms with Crippen molar-refractivity contribution in [3.8, 4) is 16.7 Å². The Bertz CT molecular complexity index is 893. The minimum absolute atomic E-state index is 0.223. The van der Waals surface area contributed by atoms with Gasteiger partial charge in [-0.15, -0.1) is 0 Å². The highest BCUT2D eigenvalue weighted by molar-refractivity contribution is 8.03. The summed E-state index contributed by atoms with van der Waals surface area (Å²) >= 11 is 1.08. The van der Waals surface area contributed by atoms with Crippen LogP contribution in [0.5, 0.6) is 0 Å². The number of hydrogen-bond donors (Lipinski definition) is 1. The van der Waals surface area contributed by atoms with Gasteiger partial charge in [0.15, 0.2) is 0 Å². The lowest BCUT2D eigenvalue weighted by Gasteiger charge is -2.04. The SMILES string of the molecule is Cc1oc(-c2ccccc2)cc1C(=O)Nc1ccc(SC#N)cc1. The Balaban J connectivity index is 1.78. The molecule has 118 valence electrons. The van der Waals surface area contributed by atoms with Crippen molar-refractivity contribution in [3.05, 3.63) is 72.0 Å². The Morgan fingerprint density at radius 2 is 1.83 bits per heavy atom. The number of nitrogens with one attached hydrogen (secondary N) is 1. The van der Waals surface area contributed by atoms with Gasteiger partial charge in [-0.1, -0.05) is 30.3 Å². The van der Waals surface area contributed by atoms with Gasteiger partial charge in [-0.2, -0.15) is 5.26 Å². The van der Waals surface area contributed by atoms with E-state index >= 15 is 0 Å². The summed E-state index contributed by atoms with van der Waals surface area (Å²) in [6.45, 7) is 1.77. The average Bonchev–Trinajstić information content (AvgIpc) is 3.00. The van der Waals surface area contributed by atoms with Gasteiger partial charge in [-0.3, -0.25) is 4.79 Å². The zero-order valence-corrected chi connectivity index (χ0v) is 13.8. The largest absolute Gasteiger partial charge is 0.461 e. The van der Waals surface area contributed by atoms with Crippen LogP contribution in [0.3, 0.4) is 0 Å². The zero-order valence-electron chi connectivity index (χ0n) is 12.9. The number of nitrogens with zero attached hydrogens (tertiary/aromatic N) is 1. The molecule has 0 saturated heterocycles. The number of rotatable bonds is 4. The molecule has 0 aliphatic carbocycles. The van der Waals surface area contributed by atoms with E-state index in [1.54, 1.807) is 37.3 Å². The number of nitriles is 1.